The highest BCUT2D eigenvalue weighted by Gasteiger charge is 2.15. The van der Waals surface area contributed by atoms with E-state index in [-0.39, 0.29) is 24.0 Å². The van der Waals surface area contributed by atoms with E-state index >= 15 is 0 Å². The van der Waals surface area contributed by atoms with Crippen molar-refractivity contribution in [2.45, 2.75) is 46.3 Å². The van der Waals surface area contributed by atoms with Crippen LogP contribution in [0, 0.1) is 13.8 Å². The van der Waals surface area contributed by atoms with Gasteiger partial charge in [-0.2, -0.15) is 0 Å². The molecule has 0 aliphatic carbocycles. The summed E-state index contributed by atoms with van der Waals surface area (Å²) in [6.45, 7) is 9.18. The van der Waals surface area contributed by atoms with Crippen molar-refractivity contribution in [2.24, 2.45) is 4.99 Å². The van der Waals surface area contributed by atoms with Crippen LogP contribution in [0.5, 0.6) is 0 Å². The lowest BCUT2D eigenvalue weighted by molar-refractivity contribution is 0.114. The number of hydrogen-bond donors (Lipinski definition) is 2. The largest absolute Gasteiger partial charge is 0.466 e. The van der Waals surface area contributed by atoms with Gasteiger partial charge in [0.1, 0.15) is 11.5 Å². The van der Waals surface area contributed by atoms with Gasteiger partial charge in [-0.15, -0.1) is 24.0 Å². The van der Waals surface area contributed by atoms with Crippen LogP contribution < -0.4 is 10.6 Å². The summed E-state index contributed by atoms with van der Waals surface area (Å²) in [6, 6.07) is 2.04. The number of guanidine groups is 1. The Labute approximate surface area is 143 Å². The maximum Gasteiger partial charge on any atom is 0.191 e. The van der Waals surface area contributed by atoms with E-state index in [0.717, 1.165) is 55.6 Å². The molecule has 1 atom stereocenters. The first-order valence-electron chi connectivity index (χ1n) is 7.38. The summed E-state index contributed by atoms with van der Waals surface area (Å²) in [6.07, 6.45) is 2.61. The molecule has 0 radical (unpaired) electrons. The summed E-state index contributed by atoms with van der Waals surface area (Å²) in [7, 11) is 0. The molecule has 0 amide bonds. The van der Waals surface area contributed by atoms with E-state index in [1.807, 2.05) is 19.9 Å². The van der Waals surface area contributed by atoms with Crippen molar-refractivity contribution in [2.75, 3.05) is 19.7 Å². The highest BCUT2D eigenvalue weighted by Crippen LogP contribution is 2.14. The molecule has 6 heteroatoms. The number of nitrogens with zero attached hydrogens (tertiary/aromatic N) is 1. The molecule has 120 valence electrons. The Bertz CT molecular complexity index is 454. The molecule has 0 saturated carbocycles. The molecule has 1 aliphatic heterocycles. The zero-order valence-corrected chi connectivity index (χ0v) is 15.4. The number of ether oxygens (including phenoxy) is 1. The number of rotatable bonds is 5. The Balaban J connectivity index is 0.00000220. The van der Waals surface area contributed by atoms with Gasteiger partial charge in [-0.25, -0.2) is 4.99 Å². The molecule has 2 heterocycles. The van der Waals surface area contributed by atoms with E-state index in [9.17, 15) is 0 Å². The van der Waals surface area contributed by atoms with Crippen LogP contribution in [0.25, 0.3) is 0 Å². The number of nitrogens with one attached hydrogen (secondary N) is 2. The van der Waals surface area contributed by atoms with Gasteiger partial charge in [0.25, 0.3) is 0 Å². The number of aliphatic imine (C=N–C) groups is 1. The fourth-order valence-electron chi connectivity index (χ4n) is 2.36. The van der Waals surface area contributed by atoms with E-state index in [1.165, 1.54) is 0 Å². The van der Waals surface area contributed by atoms with Crippen LogP contribution in [-0.2, 0) is 11.3 Å². The second kappa shape index (κ2) is 9.30. The Morgan fingerprint density at radius 3 is 2.76 bits per heavy atom. The van der Waals surface area contributed by atoms with Crippen molar-refractivity contribution in [1.29, 1.82) is 0 Å². The zero-order valence-electron chi connectivity index (χ0n) is 13.1. The minimum Gasteiger partial charge on any atom is -0.466 e. The first kappa shape index (κ1) is 18.3. The number of hydrogen-bond acceptors (Lipinski definition) is 3. The van der Waals surface area contributed by atoms with Crippen LogP contribution in [0.1, 0.15) is 36.8 Å². The fraction of sp³-hybridized carbons (Fsp3) is 0.667. The van der Waals surface area contributed by atoms with Gasteiger partial charge in [-0.3, -0.25) is 0 Å². The molecule has 1 saturated heterocycles. The lowest BCUT2D eigenvalue weighted by Crippen LogP contribution is -2.41. The predicted octanol–water partition coefficient (Wildman–Crippen LogP) is 2.75. The fourth-order valence-corrected chi connectivity index (χ4v) is 2.36. The van der Waals surface area contributed by atoms with Gasteiger partial charge in [0.15, 0.2) is 5.96 Å². The second-order valence-corrected chi connectivity index (χ2v) is 5.15. The topological polar surface area (TPSA) is 58.8 Å². The summed E-state index contributed by atoms with van der Waals surface area (Å²) in [4.78, 5) is 4.60. The van der Waals surface area contributed by atoms with Crippen molar-refractivity contribution in [3.63, 3.8) is 0 Å². The minimum absolute atomic E-state index is 0. The van der Waals surface area contributed by atoms with E-state index in [1.54, 1.807) is 0 Å². The van der Waals surface area contributed by atoms with Gasteiger partial charge in [0.2, 0.25) is 0 Å². The molecule has 21 heavy (non-hydrogen) atoms. The van der Waals surface area contributed by atoms with Crippen LogP contribution in [0.2, 0.25) is 0 Å². The van der Waals surface area contributed by atoms with E-state index in [4.69, 9.17) is 9.15 Å². The highest BCUT2D eigenvalue weighted by atomic mass is 127. The van der Waals surface area contributed by atoms with Crippen LogP contribution in [-0.4, -0.2) is 31.8 Å². The number of aryl methyl sites for hydroxylation is 2. The second-order valence-electron chi connectivity index (χ2n) is 5.15. The van der Waals surface area contributed by atoms with Gasteiger partial charge in [-0.05, 0) is 39.7 Å². The van der Waals surface area contributed by atoms with Gasteiger partial charge in [0, 0.05) is 25.3 Å². The monoisotopic (exact) mass is 407 g/mol. The van der Waals surface area contributed by atoms with Gasteiger partial charge >= 0.3 is 0 Å². The third-order valence-corrected chi connectivity index (χ3v) is 3.42. The Morgan fingerprint density at radius 1 is 1.38 bits per heavy atom. The molecule has 0 aromatic carbocycles. The zero-order chi connectivity index (χ0) is 14.4. The standard InChI is InChI=1S/C15H25N3O2.HI/c1-4-16-15(18-10-14-6-5-7-19-14)17-9-13-8-11(2)20-12(13)3;/h8,14H,4-7,9-10H2,1-3H3,(H2,16,17,18);1H. The van der Waals surface area contributed by atoms with Crippen molar-refractivity contribution in [1.82, 2.24) is 10.6 Å². The molecule has 2 N–H and O–H groups in total. The third kappa shape index (κ3) is 5.86. The number of furan rings is 1. The maximum atomic E-state index is 5.61. The Kier molecular flexibility index (Phi) is 8.10. The molecule has 2 rings (SSSR count). The molecule has 0 spiro atoms. The summed E-state index contributed by atoms with van der Waals surface area (Å²) < 4.78 is 11.1. The molecule has 1 fully saturated rings. The normalized spacial score (nSPS) is 18.4. The lowest BCUT2D eigenvalue weighted by Gasteiger charge is -2.14. The van der Waals surface area contributed by atoms with Crippen LogP contribution in [0.15, 0.2) is 15.5 Å². The first-order valence-corrected chi connectivity index (χ1v) is 7.38. The van der Waals surface area contributed by atoms with Crippen molar-refractivity contribution in [3.8, 4) is 0 Å². The molecular weight excluding hydrogens is 381 g/mol. The summed E-state index contributed by atoms with van der Waals surface area (Å²) in [5.41, 5.74) is 1.14. The van der Waals surface area contributed by atoms with Crippen molar-refractivity contribution in [3.05, 3.63) is 23.2 Å². The molecule has 1 aromatic heterocycles. The molecule has 5 nitrogen and oxygen atoms in total. The quantitative estimate of drug-likeness (QED) is 0.448. The van der Waals surface area contributed by atoms with E-state index in [2.05, 4.69) is 22.5 Å². The Morgan fingerprint density at radius 2 is 2.19 bits per heavy atom. The smallest absolute Gasteiger partial charge is 0.191 e. The summed E-state index contributed by atoms with van der Waals surface area (Å²) in [5, 5.41) is 6.60. The molecule has 1 aliphatic rings. The van der Waals surface area contributed by atoms with Crippen LogP contribution >= 0.6 is 24.0 Å². The predicted molar refractivity (Wildman–Crippen MR) is 95.4 cm³/mol. The van der Waals surface area contributed by atoms with E-state index in [0.29, 0.717) is 12.6 Å². The number of halogens is 1. The van der Waals surface area contributed by atoms with Gasteiger partial charge < -0.3 is 19.8 Å². The summed E-state index contributed by atoms with van der Waals surface area (Å²) in [5.74, 6) is 2.72. The van der Waals surface area contributed by atoms with Crippen molar-refractivity contribution < 1.29 is 9.15 Å². The summed E-state index contributed by atoms with van der Waals surface area (Å²) >= 11 is 0. The first-order chi connectivity index (χ1) is 9.69. The third-order valence-electron chi connectivity index (χ3n) is 3.42. The molecule has 1 unspecified atom stereocenters. The maximum absolute atomic E-state index is 5.61. The van der Waals surface area contributed by atoms with Gasteiger partial charge in [0.05, 0.1) is 12.6 Å². The average molecular weight is 407 g/mol. The van der Waals surface area contributed by atoms with Crippen LogP contribution in [0.3, 0.4) is 0 Å². The van der Waals surface area contributed by atoms with Crippen LogP contribution in [0.4, 0.5) is 0 Å². The Hall–Kier alpha value is -0.760. The van der Waals surface area contributed by atoms with Crippen molar-refractivity contribution >= 4 is 29.9 Å². The lowest BCUT2D eigenvalue weighted by atomic mass is 10.2. The SMILES string of the molecule is CCNC(=NCc1cc(C)oc1C)NCC1CCCO1.I. The molecule has 1 aromatic rings. The molecule has 0 bridgehead atoms. The minimum atomic E-state index is 0. The van der Waals surface area contributed by atoms with Gasteiger partial charge in [-0.1, -0.05) is 0 Å². The molecular formula is C15H26IN3O2. The average Bonchev–Trinajstić information content (AvgIpc) is 3.03. The highest BCUT2D eigenvalue weighted by molar-refractivity contribution is 14.0. The van der Waals surface area contributed by atoms with E-state index < -0.39 is 0 Å².